The number of ether oxygens (including phenoxy) is 3. The van der Waals surface area contributed by atoms with Crippen LogP contribution >= 0.6 is 0 Å². The Labute approximate surface area is 409 Å². The summed E-state index contributed by atoms with van der Waals surface area (Å²) in [7, 11) is 0. The zero-order valence-electron chi connectivity index (χ0n) is 43.4. The van der Waals surface area contributed by atoms with Crippen LogP contribution in [-0.2, 0) is 23.8 Å². The van der Waals surface area contributed by atoms with Crippen LogP contribution in [0.4, 0.5) is 0 Å². The summed E-state index contributed by atoms with van der Waals surface area (Å²) in [6, 6.07) is 0. The molecule has 0 saturated carbocycles. The summed E-state index contributed by atoms with van der Waals surface area (Å²) in [5, 5.41) is 0. The van der Waals surface area contributed by atoms with Crippen molar-refractivity contribution in [2.45, 2.75) is 258 Å². The van der Waals surface area contributed by atoms with Crippen LogP contribution in [0.2, 0.25) is 0 Å². The van der Waals surface area contributed by atoms with Gasteiger partial charge in [0.2, 0.25) is 0 Å². The molecule has 0 fully saturated rings. The second kappa shape index (κ2) is 56.1. The highest BCUT2D eigenvalue weighted by atomic mass is 16.6. The SMILES string of the molecule is CC/C=C\C/C=C\C/C=C\C/C=C\CCCCC(=O)OC(COCCCCCCCC/C=C\C/C=C\C/C=C\CC)COC(=O)CCCCCCCCCCC/C=C\CCCCCCCC. The topological polar surface area (TPSA) is 61.8 Å². The van der Waals surface area contributed by atoms with Gasteiger partial charge in [0, 0.05) is 19.4 Å². The Kier molecular flexibility index (Phi) is 53.4. The molecule has 1 unspecified atom stereocenters. The van der Waals surface area contributed by atoms with Crippen molar-refractivity contribution >= 4 is 11.9 Å². The molecule has 0 aliphatic carbocycles. The Morgan fingerprint density at radius 2 is 0.682 bits per heavy atom. The van der Waals surface area contributed by atoms with E-state index in [-0.39, 0.29) is 25.2 Å². The molecule has 0 bridgehead atoms. The van der Waals surface area contributed by atoms with E-state index in [0.717, 1.165) is 103 Å². The van der Waals surface area contributed by atoms with Crippen molar-refractivity contribution in [1.82, 2.24) is 0 Å². The first kappa shape index (κ1) is 62.8. The lowest BCUT2D eigenvalue weighted by Gasteiger charge is -2.18. The minimum atomic E-state index is -0.571. The van der Waals surface area contributed by atoms with Crippen molar-refractivity contribution in [1.29, 1.82) is 0 Å². The number of allylic oxidation sites excluding steroid dienone is 16. The van der Waals surface area contributed by atoms with Gasteiger partial charge >= 0.3 is 11.9 Å². The highest BCUT2D eigenvalue weighted by Crippen LogP contribution is 2.14. The second-order valence-electron chi connectivity index (χ2n) is 18.1. The summed E-state index contributed by atoms with van der Waals surface area (Å²) in [5.41, 5.74) is 0. The molecular formula is C61H104O5. The molecule has 0 aromatic carbocycles. The van der Waals surface area contributed by atoms with Gasteiger partial charge in [0.15, 0.2) is 6.10 Å². The molecule has 0 aliphatic rings. The van der Waals surface area contributed by atoms with E-state index >= 15 is 0 Å². The van der Waals surface area contributed by atoms with Crippen molar-refractivity contribution < 1.29 is 23.8 Å². The maximum atomic E-state index is 12.8. The standard InChI is InChI=1S/C61H104O5/c1-4-7-10-13-16-19-22-25-28-30-31-32-34-36-39-42-45-48-51-54-60(62)65-58-59(57-64-56-53-50-47-44-41-38-35-29-26-23-20-17-14-11-8-5-2)66-61(63)55-52-49-46-43-40-37-33-27-24-21-18-15-12-9-6-3/h8-9,11-12,17-18,20-21,25-29,33,40,43,59H,4-7,10,13-16,19,22-24,30-32,34-39,41-42,44-58H2,1-3H3/b11-8-,12-9-,20-17-,21-18-,28-25-,29-26-,33-27-,43-40-. The lowest BCUT2D eigenvalue weighted by molar-refractivity contribution is -0.163. The molecule has 0 amide bonds. The van der Waals surface area contributed by atoms with E-state index < -0.39 is 6.10 Å². The summed E-state index contributed by atoms with van der Waals surface area (Å²) in [4.78, 5) is 25.5. The third kappa shape index (κ3) is 53.4. The van der Waals surface area contributed by atoms with Crippen LogP contribution < -0.4 is 0 Å². The summed E-state index contributed by atoms with van der Waals surface area (Å²) >= 11 is 0. The van der Waals surface area contributed by atoms with Gasteiger partial charge in [0.25, 0.3) is 0 Å². The highest BCUT2D eigenvalue weighted by Gasteiger charge is 2.17. The van der Waals surface area contributed by atoms with Crippen LogP contribution in [0.3, 0.4) is 0 Å². The van der Waals surface area contributed by atoms with Gasteiger partial charge in [0.05, 0.1) is 6.61 Å². The number of hydrogen-bond acceptors (Lipinski definition) is 5. The Hall–Kier alpha value is -3.18. The fraction of sp³-hybridized carbons (Fsp3) is 0.705. The van der Waals surface area contributed by atoms with Crippen LogP contribution in [0.25, 0.3) is 0 Å². The van der Waals surface area contributed by atoms with Gasteiger partial charge in [0.1, 0.15) is 6.61 Å². The maximum absolute atomic E-state index is 12.8. The Morgan fingerprint density at radius 1 is 0.348 bits per heavy atom. The molecule has 0 rings (SSSR count). The largest absolute Gasteiger partial charge is 0.462 e. The first-order valence-corrected chi connectivity index (χ1v) is 27.8. The zero-order valence-corrected chi connectivity index (χ0v) is 43.4. The first-order valence-electron chi connectivity index (χ1n) is 27.8. The average molecular weight is 917 g/mol. The van der Waals surface area contributed by atoms with E-state index in [9.17, 15) is 9.59 Å². The molecule has 0 aromatic rings. The van der Waals surface area contributed by atoms with Gasteiger partial charge in [-0.25, -0.2) is 0 Å². The van der Waals surface area contributed by atoms with E-state index in [2.05, 4.69) is 118 Å². The van der Waals surface area contributed by atoms with Crippen molar-refractivity contribution in [2.24, 2.45) is 0 Å². The molecule has 1 atom stereocenters. The van der Waals surface area contributed by atoms with Crippen molar-refractivity contribution in [2.75, 3.05) is 19.8 Å². The second-order valence-corrected chi connectivity index (χ2v) is 18.1. The van der Waals surface area contributed by atoms with Gasteiger partial charge in [-0.15, -0.1) is 0 Å². The average Bonchev–Trinajstić information content (AvgIpc) is 3.32. The van der Waals surface area contributed by atoms with Crippen LogP contribution in [0.5, 0.6) is 0 Å². The normalized spacial score (nSPS) is 13.0. The summed E-state index contributed by atoms with van der Waals surface area (Å²) < 4.78 is 17.4. The first-order chi connectivity index (χ1) is 32.6. The predicted molar refractivity (Wildman–Crippen MR) is 288 cm³/mol. The van der Waals surface area contributed by atoms with Gasteiger partial charge in [-0.2, -0.15) is 0 Å². The van der Waals surface area contributed by atoms with Gasteiger partial charge in [-0.1, -0.05) is 221 Å². The molecule has 5 heteroatoms. The molecular weight excluding hydrogens is 813 g/mol. The Bertz CT molecular complexity index is 1270. The number of carbonyl (C=O) groups is 2. The van der Waals surface area contributed by atoms with Crippen LogP contribution in [0.15, 0.2) is 97.2 Å². The summed E-state index contributed by atoms with van der Waals surface area (Å²) in [6.07, 6.45) is 75.7. The number of hydrogen-bond donors (Lipinski definition) is 0. The molecule has 0 aliphatic heterocycles. The lowest BCUT2D eigenvalue weighted by Crippen LogP contribution is -2.30. The molecule has 0 N–H and O–H groups in total. The molecule has 0 aromatic heterocycles. The van der Waals surface area contributed by atoms with E-state index in [1.165, 1.54) is 116 Å². The van der Waals surface area contributed by atoms with Crippen molar-refractivity contribution in [3.63, 3.8) is 0 Å². The molecule has 5 nitrogen and oxygen atoms in total. The van der Waals surface area contributed by atoms with Crippen molar-refractivity contribution in [3.05, 3.63) is 97.2 Å². The van der Waals surface area contributed by atoms with Gasteiger partial charge in [-0.3, -0.25) is 9.59 Å². The molecule has 66 heavy (non-hydrogen) atoms. The number of rotatable bonds is 50. The highest BCUT2D eigenvalue weighted by molar-refractivity contribution is 5.70. The van der Waals surface area contributed by atoms with Crippen molar-refractivity contribution in [3.8, 4) is 0 Å². The smallest absolute Gasteiger partial charge is 0.306 e. The molecule has 0 radical (unpaired) electrons. The number of esters is 2. The van der Waals surface area contributed by atoms with Crippen LogP contribution in [0.1, 0.15) is 252 Å². The third-order valence-corrected chi connectivity index (χ3v) is 11.6. The minimum absolute atomic E-state index is 0.0580. The van der Waals surface area contributed by atoms with Gasteiger partial charge < -0.3 is 14.2 Å². The quantitative estimate of drug-likeness (QED) is 0.0346. The predicted octanol–water partition coefficient (Wildman–Crippen LogP) is 19.0. The number of carbonyl (C=O) groups excluding carboxylic acids is 2. The monoisotopic (exact) mass is 917 g/mol. The Morgan fingerprint density at radius 3 is 1.14 bits per heavy atom. The van der Waals surface area contributed by atoms with E-state index in [1.54, 1.807) is 0 Å². The third-order valence-electron chi connectivity index (χ3n) is 11.6. The van der Waals surface area contributed by atoms with E-state index in [4.69, 9.17) is 14.2 Å². The molecule has 0 saturated heterocycles. The fourth-order valence-electron chi connectivity index (χ4n) is 7.51. The lowest BCUT2D eigenvalue weighted by atomic mass is 10.1. The Balaban J connectivity index is 4.34. The molecule has 0 heterocycles. The van der Waals surface area contributed by atoms with Crippen LogP contribution in [-0.4, -0.2) is 37.9 Å². The molecule has 378 valence electrons. The fourth-order valence-corrected chi connectivity index (χ4v) is 7.51. The summed E-state index contributed by atoms with van der Waals surface area (Å²) in [6.45, 7) is 7.54. The number of unbranched alkanes of at least 4 members (excludes halogenated alkanes) is 23. The minimum Gasteiger partial charge on any atom is -0.462 e. The van der Waals surface area contributed by atoms with Crippen LogP contribution in [0, 0.1) is 0 Å². The zero-order chi connectivity index (χ0) is 47.7. The summed E-state index contributed by atoms with van der Waals surface area (Å²) in [5.74, 6) is -0.454. The van der Waals surface area contributed by atoms with E-state index in [0.29, 0.717) is 19.4 Å². The van der Waals surface area contributed by atoms with E-state index in [1.807, 2.05) is 0 Å². The molecule has 0 spiro atoms. The van der Waals surface area contributed by atoms with Gasteiger partial charge in [-0.05, 0) is 116 Å². The maximum Gasteiger partial charge on any atom is 0.306 e.